The van der Waals surface area contributed by atoms with E-state index in [0.29, 0.717) is 31.9 Å². The number of aryl methyl sites for hydroxylation is 1. The molecule has 1 amide bonds. The molecule has 1 atom stereocenters. The number of rotatable bonds is 6. The molecule has 0 spiro atoms. The predicted molar refractivity (Wildman–Crippen MR) is 106 cm³/mol. The molecule has 28 heavy (non-hydrogen) atoms. The third-order valence-corrected chi connectivity index (χ3v) is 4.95. The van der Waals surface area contributed by atoms with Crippen molar-refractivity contribution < 1.29 is 14.3 Å². The van der Waals surface area contributed by atoms with Crippen LogP contribution in [0.5, 0.6) is 11.5 Å². The van der Waals surface area contributed by atoms with E-state index in [0.717, 1.165) is 16.9 Å². The van der Waals surface area contributed by atoms with Gasteiger partial charge in [-0.1, -0.05) is 29.8 Å². The van der Waals surface area contributed by atoms with Gasteiger partial charge in [0.1, 0.15) is 17.5 Å². The lowest BCUT2D eigenvalue weighted by Crippen LogP contribution is -2.50. The molecule has 1 saturated heterocycles. The van der Waals surface area contributed by atoms with Crippen molar-refractivity contribution in [3.8, 4) is 17.6 Å². The third-order valence-electron chi connectivity index (χ3n) is 4.95. The summed E-state index contributed by atoms with van der Waals surface area (Å²) in [6, 6.07) is 17.3. The average Bonchev–Trinajstić information content (AvgIpc) is 2.74. The van der Waals surface area contributed by atoms with Gasteiger partial charge in [0, 0.05) is 26.2 Å². The average molecular weight is 379 g/mol. The van der Waals surface area contributed by atoms with Gasteiger partial charge < -0.3 is 14.4 Å². The van der Waals surface area contributed by atoms with Gasteiger partial charge >= 0.3 is 0 Å². The molecule has 0 aliphatic carbocycles. The van der Waals surface area contributed by atoms with Crippen LogP contribution in [0.1, 0.15) is 17.2 Å². The molecule has 1 heterocycles. The van der Waals surface area contributed by atoms with E-state index in [9.17, 15) is 10.1 Å². The molecular formula is C22H25N3O3. The van der Waals surface area contributed by atoms with Crippen molar-refractivity contribution in [2.45, 2.75) is 13.0 Å². The van der Waals surface area contributed by atoms with Crippen LogP contribution in [0.25, 0.3) is 0 Å². The fraction of sp³-hybridized carbons (Fsp3) is 0.364. The van der Waals surface area contributed by atoms with Gasteiger partial charge in [-0.15, -0.1) is 0 Å². The third kappa shape index (κ3) is 4.81. The Morgan fingerprint density at radius 3 is 2.46 bits per heavy atom. The van der Waals surface area contributed by atoms with Crippen molar-refractivity contribution in [1.29, 1.82) is 5.26 Å². The van der Waals surface area contributed by atoms with Crippen LogP contribution in [0.3, 0.4) is 0 Å². The summed E-state index contributed by atoms with van der Waals surface area (Å²) < 4.78 is 10.9. The Morgan fingerprint density at radius 1 is 1.11 bits per heavy atom. The quantitative estimate of drug-likeness (QED) is 0.772. The lowest BCUT2D eigenvalue weighted by atomic mass is 10.1. The van der Waals surface area contributed by atoms with E-state index in [1.54, 1.807) is 12.0 Å². The van der Waals surface area contributed by atoms with Gasteiger partial charge in [-0.05, 0) is 36.8 Å². The number of amides is 1. The molecule has 1 aliphatic heterocycles. The minimum absolute atomic E-state index is 0.0284. The molecule has 0 bridgehead atoms. The second kappa shape index (κ2) is 9.25. The van der Waals surface area contributed by atoms with Crippen molar-refractivity contribution >= 4 is 5.91 Å². The maximum Gasteiger partial charge on any atom is 0.260 e. The van der Waals surface area contributed by atoms with Gasteiger partial charge in [-0.3, -0.25) is 9.69 Å². The molecule has 2 aromatic rings. The highest BCUT2D eigenvalue weighted by Crippen LogP contribution is 2.25. The molecule has 146 valence electrons. The van der Waals surface area contributed by atoms with Gasteiger partial charge in [0.2, 0.25) is 0 Å². The van der Waals surface area contributed by atoms with E-state index in [1.165, 1.54) is 0 Å². The molecule has 1 aliphatic rings. The number of ether oxygens (including phenoxy) is 2. The number of nitrogens with zero attached hydrogens (tertiary/aromatic N) is 3. The van der Waals surface area contributed by atoms with Crippen molar-refractivity contribution in [3.05, 3.63) is 59.7 Å². The first-order chi connectivity index (χ1) is 13.6. The summed E-state index contributed by atoms with van der Waals surface area (Å²) >= 11 is 0. The minimum Gasteiger partial charge on any atom is -0.497 e. The molecule has 1 fully saturated rings. The zero-order valence-electron chi connectivity index (χ0n) is 16.3. The zero-order valence-corrected chi connectivity index (χ0v) is 16.3. The van der Waals surface area contributed by atoms with Crippen molar-refractivity contribution in [1.82, 2.24) is 9.80 Å². The Hall–Kier alpha value is -3.04. The summed E-state index contributed by atoms with van der Waals surface area (Å²) in [6.45, 7) is 4.49. The van der Waals surface area contributed by atoms with Gasteiger partial charge in [0.15, 0.2) is 6.61 Å². The Labute approximate surface area is 165 Å². The fourth-order valence-corrected chi connectivity index (χ4v) is 3.28. The topological polar surface area (TPSA) is 65.8 Å². The number of carbonyl (C=O) groups is 1. The zero-order chi connectivity index (χ0) is 19.9. The van der Waals surface area contributed by atoms with Gasteiger partial charge in [-0.2, -0.15) is 5.26 Å². The Bertz CT molecular complexity index is 837. The van der Waals surface area contributed by atoms with E-state index >= 15 is 0 Å². The fourth-order valence-electron chi connectivity index (χ4n) is 3.28. The lowest BCUT2D eigenvalue weighted by Gasteiger charge is -2.37. The largest absolute Gasteiger partial charge is 0.497 e. The number of carbonyl (C=O) groups excluding carboxylic acids is 1. The number of benzene rings is 2. The lowest BCUT2D eigenvalue weighted by molar-refractivity contribution is -0.135. The van der Waals surface area contributed by atoms with E-state index in [4.69, 9.17) is 9.47 Å². The van der Waals surface area contributed by atoms with Gasteiger partial charge in [0.25, 0.3) is 5.91 Å². The summed E-state index contributed by atoms with van der Waals surface area (Å²) in [5.41, 5.74) is 2.06. The van der Waals surface area contributed by atoms with Crippen LogP contribution >= 0.6 is 0 Å². The Kier molecular flexibility index (Phi) is 6.51. The van der Waals surface area contributed by atoms with E-state index in [2.05, 4.69) is 11.0 Å². The molecule has 6 heteroatoms. The summed E-state index contributed by atoms with van der Waals surface area (Å²) in [4.78, 5) is 16.3. The first kappa shape index (κ1) is 19.7. The smallest absolute Gasteiger partial charge is 0.260 e. The molecular weight excluding hydrogens is 354 g/mol. The van der Waals surface area contributed by atoms with Crippen molar-refractivity contribution in [3.63, 3.8) is 0 Å². The first-order valence-electron chi connectivity index (χ1n) is 9.35. The molecule has 3 rings (SSSR count). The Morgan fingerprint density at radius 2 is 1.82 bits per heavy atom. The number of methoxy groups -OCH3 is 1. The SMILES string of the molecule is COc1cccc(C(C#N)N2CCN(C(=O)COc3ccc(C)cc3)CC2)c1. The van der Waals surface area contributed by atoms with Crippen molar-refractivity contribution in [2.24, 2.45) is 0 Å². The van der Waals surface area contributed by atoms with Gasteiger partial charge in [-0.25, -0.2) is 0 Å². The summed E-state index contributed by atoms with van der Waals surface area (Å²) in [5.74, 6) is 1.40. The molecule has 0 N–H and O–H groups in total. The highest BCUT2D eigenvalue weighted by atomic mass is 16.5. The van der Waals surface area contributed by atoms with Crippen LogP contribution in [-0.4, -0.2) is 55.6 Å². The van der Waals surface area contributed by atoms with Crippen LogP contribution in [-0.2, 0) is 4.79 Å². The minimum atomic E-state index is -0.351. The highest BCUT2D eigenvalue weighted by molar-refractivity contribution is 5.77. The Balaban J connectivity index is 1.53. The molecule has 2 aromatic carbocycles. The molecule has 6 nitrogen and oxygen atoms in total. The number of nitriles is 1. The molecule has 1 unspecified atom stereocenters. The van der Waals surface area contributed by atoms with Crippen LogP contribution in [0.15, 0.2) is 48.5 Å². The van der Waals surface area contributed by atoms with E-state index in [-0.39, 0.29) is 18.6 Å². The van der Waals surface area contributed by atoms with Crippen LogP contribution in [0.4, 0.5) is 0 Å². The highest BCUT2D eigenvalue weighted by Gasteiger charge is 2.27. The first-order valence-corrected chi connectivity index (χ1v) is 9.35. The van der Waals surface area contributed by atoms with Gasteiger partial charge in [0.05, 0.1) is 13.2 Å². The molecule has 0 saturated carbocycles. The standard InChI is InChI=1S/C22H25N3O3/c1-17-6-8-19(9-7-17)28-16-22(26)25-12-10-24(11-13-25)21(15-23)18-4-3-5-20(14-18)27-2/h3-9,14,21H,10-13,16H2,1-2H3. The number of hydrogen-bond donors (Lipinski definition) is 0. The number of hydrogen-bond acceptors (Lipinski definition) is 5. The number of piperazine rings is 1. The molecule has 0 radical (unpaired) electrons. The van der Waals surface area contributed by atoms with E-state index in [1.807, 2.05) is 55.5 Å². The monoisotopic (exact) mass is 379 g/mol. The normalized spacial score (nSPS) is 15.5. The second-order valence-corrected chi connectivity index (χ2v) is 6.83. The predicted octanol–water partition coefficient (Wildman–Crippen LogP) is 2.79. The maximum absolute atomic E-state index is 12.4. The van der Waals surface area contributed by atoms with Crippen LogP contribution in [0, 0.1) is 18.3 Å². The van der Waals surface area contributed by atoms with Crippen LogP contribution < -0.4 is 9.47 Å². The van der Waals surface area contributed by atoms with Crippen LogP contribution in [0.2, 0.25) is 0 Å². The van der Waals surface area contributed by atoms with Crippen molar-refractivity contribution in [2.75, 3.05) is 39.9 Å². The maximum atomic E-state index is 12.4. The summed E-state index contributed by atoms with van der Waals surface area (Å²) in [6.07, 6.45) is 0. The molecule has 0 aromatic heterocycles. The second-order valence-electron chi connectivity index (χ2n) is 6.83. The summed E-state index contributed by atoms with van der Waals surface area (Å²) in [7, 11) is 1.61. The van der Waals surface area contributed by atoms with E-state index < -0.39 is 0 Å². The summed E-state index contributed by atoms with van der Waals surface area (Å²) in [5, 5.41) is 9.67.